The molecule has 0 radical (unpaired) electrons. The van der Waals surface area contributed by atoms with Crippen molar-refractivity contribution < 1.29 is 14.3 Å². The molecule has 1 aliphatic heterocycles. The van der Waals surface area contributed by atoms with Crippen LogP contribution in [0, 0.1) is 5.41 Å². The quantitative estimate of drug-likeness (QED) is 0.686. The summed E-state index contributed by atoms with van der Waals surface area (Å²) in [6.45, 7) is 6.03. The molecule has 2 atom stereocenters. The molecule has 80 valence electrons. The van der Waals surface area contributed by atoms with Crippen molar-refractivity contribution in [3.05, 3.63) is 0 Å². The van der Waals surface area contributed by atoms with E-state index in [-0.39, 0.29) is 17.3 Å². The number of carbonyl (C=O) groups is 2. The Morgan fingerprint density at radius 3 is 2.79 bits per heavy atom. The molecular formula is C10H17NO3. The fourth-order valence-electron chi connectivity index (χ4n) is 1.75. The van der Waals surface area contributed by atoms with Crippen molar-refractivity contribution in [2.45, 2.75) is 39.7 Å². The fraction of sp³-hybridized carbons (Fsp3) is 0.800. The van der Waals surface area contributed by atoms with Crippen LogP contribution in [0.3, 0.4) is 0 Å². The lowest BCUT2D eigenvalue weighted by atomic mass is 9.80. The third kappa shape index (κ3) is 1.89. The van der Waals surface area contributed by atoms with Crippen LogP contribution < -0.4 is 5.32 Å². The highest BCUT2D eigenvalue weighted by molar-refractivity contribution is 5.89. The molecule has 0 saturated carbocycles. The molecule has 1 amide bonds. The monoisotopic (exact) mass is 199 g/mol. The summed E-state index contributed by atoms with van der Waals surface area (Å²) in [5.74, 6) is -0.380. The van der Waals surface area contributed by atoms with Crippen molar-refractivity contribution in [3.8, 4) is 0 Å². The largest absolute Gasteiger partial charge is 0.464 e. The van der Waals surface area contributed by atoms with E-state index in [0.717, 1.165) is 6.42 Å². The third-order valence-electron chi connectivity index (χ3n) is 2.90. The van der Waals surface area contributed by atoms with Crippen LogP contribution in [-0.4, -0.2) is 24.5 Å². The molecule has 1 rings (SSSR count). The van der Waals surface area contributed by atoms with Crippen LogP contribution in [0.25, 0.3) is 0 Å². The Bertz CT molecular complexity index is 252. The predicted molar refractivity (Wildman–Crippen MR) is 51.6 cm³/mol. The first kappa shape index (κ1) is 11.0. The van der Waals surface area contributed by atoms with E-state index < -0.39 is 6.04 Å². The van der Waals surface area contributed by atoms with Crippen molar-refractivity contribution in [2.24, 2.45) is 5.41 Å². The number of ether oxygens (including phenoxy) is 1. The molecule has 2 unspecified atom stereocenters. The second-order valence-corrected chi connectivity index (χ2v) is 3.94. The molecule has 0 bridgehead atoms. The van der Waals surface area contributed by atoms with Gasteiger partial charge in [0.1, 0.15) is 6.04 Å². The first-order valence-corrected chi connectivity index (χ1v) is 4.99. The van der Waals surface area contributed by atoms with Crippen LogP contribution in [-0.2, 0) is 14.3 Å². The van der Waals surface area contributed by atoms with Gasteiger partial charge in [-0.1, -0.05) is 13.8 Å². The Balaban J connectivity index is 2.76. The maximum absolute atomic E-state index is 11.5. The zero-order chi connectivity index (χ0) is 10.8. The zero-order valence-electron chi connectivity index (χ0n) is 8.92. The van der Waals surface area contributed by atoms with E-state index in [4.69, 9.17) is 4.74 Å². The Labute approximate surface area is 84.0 Å². The highest BCUT2D eigenvalue weighted by Gasteiger charge is 2.46. The second-order valence-electron chi connectivity index (χ2n) is 3.94. The zero-order valence-corrected chi connectivity index (χ0v) is 8.92. The molecule has 1 fully saturated rings. The molecule has 1 saturated heterocycles. The van der Waals surface area contributed by atoms with Crippen LogP contribution in [0.5, 0.6) is 0 Å². The Morgan fingerprint density at radius 1 is 1.64 bits per heavy atom. The molecule has 1 N–H and O–H groups in total. The van der Waals surface area contributed by atoms with Crippen LogP contribution in [0.4, 0.5) is 0 Å². The van der Waals surface area contributed by atoms with E-state index >= 15 is 0 Å². The van der Waals surface area contributed by atoms with Gasteiger partial charge in [-0.15, -0.1) is 0 Å². The fourth-order valence-corrected chi connectivity index (χ4v) is 1.75. The summed E-state index contributed by atoms with van der Waals surface area (Å²) in [6.07, 6.45) is 1.20. The average Bonchev–Trinajstić information content (AvgIpc) is 2.43. The molecule has 4 nitrogen and oxygen atoms in total. The molecule has 14 heavy (non-hydrogen) atoms. The summed E-state index contributed by atoms with van der Waals surface area (Å²) >= 11 is 0. The normalized spacial score (nSPS) is 31.4. The van der Waals surface area contributed by atoms with Gasteiger partial charge in [0.15, 0.2) is 0 Å². The predicted octanol–water partition coefficient (Wildman–Crippen LogP) is 0.854. The standard InChI is InChI=1S/C10H17NO3/c1-4-10(3)6-7(12)11-8(10)9(13)14-5-2/h8H,4-6H2,1-3H3,(H,11,12). The Kier molecular flexibility index (Phi) is 3.13. The topological polar surface area (TPSA) is 55.4 Å². The van der Waals surface area contributed by atoms with Crippen molar-refractivity contribution in [1.29, 1.82) is 0 Å². The number of hydrogen-bond acceptors (Lipinski definition) is 3. The van der Waals surface area contributed by atoms with E-state index in [2.05, 4.69) is 5.32 Å². The van der Waals surface area contributed by atoms with Crippen molar-refractivity contribution in [1.82, 2.24) is 5.32 Å². The summed E-state index contributed by atoms with van der Waals surface area (Å²) < 4.78 is 4.92. The molecule has 4 heteroatoms. The first-order valence-electron chi connectivity index (χ1n) is 4.99. The van der Waals surface area contributed by atoms with Crippen molar-refractivity contribution in [3.63, 3.8) is 0 Å². The van der Waals surface area contributed by atoms with Gasteiger partial charge in [0.25, 0.3) is 0 Å². The number of carbonyl (C=O) groups excluding carboxylic acids is 2. The van der Waals surface area contributed by atoms with Gasteiger partial charge in [0.2, 0.25) is 5.91 Å². The van der Waals surface area contributed by atoms with E-state index in [9.17, 15) is 9.59 Å². The molecule has 0 aromatic carbocycles. The van der Waals surface area contributed by atoms with Crippen molar-refractivity contribution in [2.75, 3.05) is 6.61 Å². The summed E-state index contributed by atoms with van der Waals surface area (Å²) in [6, 6.07) is -0.472. The number of rotatable bonds is 3. The van der Waals surface area contributed by atoms with E-state index in [1.54, 1.807) is 6.92 Å². The molecule has 0 aromatic rings. The van der Waals surface area contributed by atoms with Gasteiger partial charge in [-0.05, 0) is 13.3 Å². The maximum atomic E-state index is 11.5. The van der Waals surface area contributed by atoms with Crippen LogP contribution in [0.2, 0.25) is 0 Å². The smallest absolute Gasteiger partial charge is 0.329 e. The van der Waals surface area contributed by atoms with Gasteiger partial charge < -0.3 is 10.1 Å². The minimum Gasteiger partial charge on any atom is -0.464 e. The number of amides is 1. The number of esters is 1. The van der Waals surface area contributed by atoms with Gasteiger partial charge in [0.05, 0.1) is 6.61 Å². The minimum absolute atomic E-state index is 0.0626. The van der Waals surface area contributed by atoms with Crippen molar-refractivity contribution >= 4 is 11.9 Å². The molecule has 1 aliphatic rings. The molecule has 0 spiro atoms. The Morgan fingerprint density at radius 2 is 2.29 bits per heavy atom. The van der Waals surface area contributed by atoms with Gasteiger partial charge in [-0.3, -0.25) is 4.79 Å². The lowest BCUT2D eigenvalue weighted by Crippen LogP contribution is -2.43. The van der Waals surface area contributed by atoms with E-state index in [1.807, 2.05) is 13.8 Å². The highest BCUT2D eigenvalue weighted by Crippen LogP contribution is 2.35. The van der Waals surface area contributed by atoms with Gasteiger partial charge in [0, 0.05) is 11.8 Å². The van der Waals surface area contributed by atoms with E-state index in [0.29, 0.717) is 13.0 Å². The highest BCUT2D eigenvalue weighted by atomic mass is 16.5. The average molecular weight is 199 g/mol. The molecular weight excluding hydrogens is 182 g/mol. The lowest BCUT2D eigenvalue weighted by molar-refractivity contribution is -0.148. The van der Waals surface area contributed by atoms with Crippen LogP contribution in [0.15, 0.2) is 0 Å². The minimum atomic E-state index is -0.472. The number of hydrogen-bond donors (Lipinski definition) is 1. The first-order chi connectivity index (χ1) is 6.53. The van der Waals surface area contributed by atoms with Gasteiger partial charge in [-0.2, -0.15) is 0 Å². The third-order valence-corrected chi connectivity index (χ3v) is 2.90. The van der Waals surface area contributed by atoms with Crippen LogP contribution >= 0.6 is 0 Å². The van der Waals surface area contributed by atoms with Gasteiger partial charge >= 0.3 is 5.97 Å². The van der Waals surface area contributed by atoms with Crippen LogP contribution in [0.1, 0.15) is 33.6 Å². The summed E-state index contributed by atoms with van der Waals surface area (Å²) in [5.41, 5.74) is -0.288. The summed E-state index contributed by atoms with van der Waals surface area (Å²) in [7, 11) is 0. The summed E-state index contributed by atoms with van der Waals surface area (Å²) in [5, 5.41) is 2.67. The summed E-state index contributed by atoms with van der Waals surface area (Å²) in [4.78, 5) is 22.7. The maximum Gasteiger partial charge on any atom is 0.329 e. The van der Waals surface area contributed by atoms with Gasteiger partial charge in [-0.25, -0.2) is 4.79 Å². The van der Waals surface area contributed by atoms with E-state index in [1.165, 1.54) is 0 Å². The lowest BCUT2D eigenvalue weighted by Gasteiger charge is -2.26. The molecule has 0 aliphatic carbocycles. The second kappa shape index (κ2) is 3.98. The molecule has 1 heterocycles. The molecule has 0 aromatic heterocycles. The SMILES string of the molecule is CCOC(=O)C1NC(=O)CC1(C)CC. The Hall–Kier alpha value is -1.06. The number of nitrogens with one attached hydrogen (secondary N) is 1.